The van der Waals surface area contributed by atoms with Gasteiger partial charge < -0.3 is 15.5 Å². The Morgan fingerprint density at radius 3 is 3.06 bits per heavy atom. The maximum atomic E-state index is 7.57. The molecule has 1 aromatic rings. The molecule has 0 radical (unpaired) electrons. The zero-order valence-electron chi connectivity index (χ0n) is 11.1. The molecule has 5 nitrogen and oxygen atoms in total. The van der Waals surface area contributed by atoms with Crippen molar-refractivity contribution < 1.29 is 0 Å². The number of nitrogens with one attached hydrogen (secondary N) is 1. The summed E-state index contributed by atoms with van der Waals surface area (Å²) in [5.74, 6) is 0.709. The van der Waals surface area contributed by atoms with Crippen molar-refractivity contribution in [1.29, 1.82) is 5.41 Å². The highest BCUT2D eigenvalue weighted by Gasteiger charge is 2.22. The predicted octanol–water partition coefficient (Wildman–Crippen LogP) is 0.754. The van der Waals surface area contributed by atoms with Crippen molar-refractivity contribution in [1.82, 2.24) is 9.88 Å². The van der Waals surface area contributed by atoms with E-state index in [1.165, 1.54) is 13.0 Å². The van der Waals surface area contributed by atoms with Gasteiger partial charge in [-0.1, -0.05) is 0 Å². The van der Waals surface area contributed by atoms with Crippen LogP contribution in [-0.2, 0) is 0 Å². The van der Waals surface area contributed by atoms with Crippen molar-refractivity contribution >= 4 is 11.5 Å². The van der Waals surface area contributed by atoms with Gasteiger partial charge in [-0.25, -0.2) is 0 Å². The quantitative estimate of drug-likeness (QED) is 0.608. The summed E-state index contributed by atoms with van der Waals surface area (Å²) in [6.45, 7) is 3.29. The molecule has 3 N–H and O–H groups in total. The number of hydrogen-bond donors (Lipinski definition) is 2. The molecule has 0 spiro atoms. The van der Waals surface area contributed by atoms with Crippen molar-refractivity contribution in [2.75, 3.05) is 38.6 Å². The average Bonchev–Trinajstić information content (AvgIpc) is 2.74. The molecule has 0 aromatic carbocycles. The van der Waals surface area contributed by atoms with E-state index in [0.29, 0.717) is 11.6 Å². The Bertz CT molecular complexity index is 431. The first-order chi connectivity index (χ1) is 8.58. The standard InChI is InChI=1S/C13H21N5/c1-17-7-5-10(8-17)9-18(2)11-4-3-6-16-12(11)13(14)15/h3-4,6,10H,5,7-9H2,1-2H3,(H3,14,15). The molecule has 18 heavy (non-hydrogen) atoms. The Kier molecular flexibility index (Phi) is 3.81. The molecule has 0 amide bonds. The van der Waals surface area contributed by atoms with Crippen LogP contribution in [-0.4, -0.2) is 49.4 Å². The third-order valence-corrected chi connectivity index (χ3v) is 3.47. The second-order valence-corrected chi connectivity index (χ2v) is 5.08. The van der Waals surface area contributed by atoms with Crippen LogP contribution >= 0.6 is 0 Å². The maximum Gasteiger partial charge on any atom is 0.143 e. The minimum absolute atomic E-state index is 0.0287. The van der Waals surface area contributed by atoms with Gasteiger partial charge >= 0.3 is 0 Å². The summed E-state index contributed by atoms with van der Waals surface area (Å²) in [4.78, 5) is 8.70. The molecule has 0 saturated carbocycles. The van der Waals surface area contributed by atoms with Crippen molar-refractivity contribution in [2.24, 2.45) is 11.7 Å². The molecule has 1 aliphatic rings. The normalized spacial score (nSPS) is 20.0. The summed E-state index contributed by atoms with van der Waals surface area (Å²) in [5, 5.41) is 7.57. The first kappa shape index (κ1) is 12.8. The van der Waals surface area contributed by atoms with Crippen molar-refractivity contribution in [3.8, 4) is 0 Å². The van der Waals surface area contributed by atoms with E-state index in [0.717, 1.165) is 18.8 Å². The fourth-order valence-corrected chi connectivity index (χ4v) is 2.57. The first-order valence-electron chi connectivity index (χ1n) is 6.27. The number of nitrogens with zero attached hydrogens (tertiary/aromatic N) is 3. The van der Waals surface area contributed by atoms with E-state index in [-0.39, 0.29) is 5.84 Å². The van der Waals surface area contributed by atoms with Crippen LogP contribution in [0.25, 0.3) is 0 Å². The van der Waals surface area contributed by atoms with E-state index in [4.69, 9.17) is 11.1 Å². The lowest BCUT2D eigenvalue weighted by molar-refractivity contribution is 0.396. The Hall–Kier alpha value is -1.62. The molecule has 1 atom stereocenters. The fraction of sp³-hybridized carbons (Fsp3) is 0.538. The van der Waals surface area contributed by atoms with Gasteiger partial charge in [-0.2, -0.15) is 0 Å². The summed E-state index contributed by atoms with van der Waals surface area (Å²) in [7, 11) is 4.20. The monoisotopic (exact) mass is 247 g/mol. The lowest BCUT2D eigenvalue weighted by Crippen LogP contribution is -2.29. The van der Waals surface area contributed by atoms with Crippen LogP contribution in [0.3, 0.4) is 0 Å². The molecule has 2 heterocycles. The molecule has 0 aliphatic carbocycles. The third-order valence-electron chi connectivity index (χ3n) is 3.47. The van der Waals surface area contributed by atoms with Crippen LogP contribution in [0.4, 0.5) is 5.69 Å². The zero-order chi connectivity index (χ0) is 13.1. The largest absolute Gasteiger partial charge is 0.382 e. The molecular formula is C13H21N5. The van der Waals surface area contributed by atoms with Gasteiger partial charge in [-0.05, 0) is 38.1 Å². The molecule has 1 saturated heterocycles. The van der Waals surface area contributed by atoms with Crippen LogP contribution < -0.4 is 10.6 Å². The number of nitrogens with two attached hydrogens (primary N) is 1. The molecule has 1 fully saturated rings. The van der Waals surface area contributed by atoms with E-state index in [1.807, 2.05) is 19.2 Å². The fourth-order valence-electron chi connectivity index (χ4n) is 2.57. The summed E-state index contributed by atoms with van der Waals surface area (Å²) >= 11 is 0. The number of amidine groups is 1. The molecule has 98 valence electrons. The molecule has 5 heteroatoms. The van der Waals surface area contributed by atoms with Crippen molar-refractivity contribution in [3.05, 3.63) is 24.0 Å². The molecule has 0 bridgehead atoms. The number of likely N-dealkylation sites (tertiary alicyclic amines) is 1. The molecule has 1 aliphatic heterocycles. The Balaban J connectivity index is 2.09. The highest BCUT2D eigenvalue weighted by molar-refractivity contribution is 5.98. The summed E-state index contributed by atoms with van der Waals surface area (Å²) < 4.78 is 0. The Labute approximate surface area is 108 Å². The molecular weight excluding hydrogens is 226 g/mol. The summed E-state index contributed by atoms with van der Waals surface area (Å²) in [6.07, 6.45) is 2.91. The van der Waals surface area contributed by atoms with Gasteiger partial charge in [0.2, 0.25) is 0 Å². The third kappa shape index (κ3) is 2.79. The van der Waals surface area contributed by atoms with Gasteiger partial charge in [0.15, 0.2) is 0 Å². The van der Waals surface area contributed by atoms with E-state index >= 15 is 0 Å². The second-order valence-electron chi connectivity index (χ2n) is 5.08. The van der Waals surface area contributed by atoms with E-state index in [9.17, 15) is 0 Å². The summed E-state index contributed by atoms with van der Waals surface area (Å²) in [5.41, 5.74) is 7.09. The molecule has 1 aromatic heterocycles. The summed E-state index contributed by atoms with van der Waals surface area (Å²) in [6, 6.07) is 3.86. The smallest absolute Gasteiger partial charge is 0.143 e. The zero-order valence-corrected chi connectivity index (χ0v) is 11.1. The number of anilines is 1. The van der Waals surface area contributed by atoms with E-state index in [2.05, 4.69) is 21.8 Å². The van der Waals surface area contributed by atoms with E-state index in [1.54, 1.807) is 6.20 Å². The molecule has 2 rings (SSSR count). The number of rotatable bonds is 4. The Morgan fingerprint density at radius 1 is 1.67 bits per heavy atom. The first-order valence-corrected chi connectivity index (χ1v) is 6.27. The number of nitrogen functional groups attached to an aromatic ring is 1. The van der Waals surface area contributed by atoms with Gasteiger partial charge in [-0.3, -0.25) is 10.4 Å². The second kappa shape index (κ2) is 5.35. The lowest BCUT2D eigenvalue weighted by atomic mass is 10.1. The van der Waals surface area contributed by atoms with Gasteiger partial charge in [0.1, 0.15) is 11.5 Å². The maximum absolute atomic E-state index is 7.57. The lowest BCUT2D eigenvalue weighted by Gasteiger charge is -2.24. The van der Waals surface area contributed by atoms with Gasteiger partial charge in [0.25, 0.3) is 0 Å². The average molecular weight is 247 g/mol. The van der Waals surface area contributed by atoms with Crippen LogP contribution in [0, 0.1) is 11.3 Å². The topological polar surface area (TPSA) is 69.2 Å². The van der Waals surface area contributed by atoms with Gasteiger partial charge in [0, 0.05) is 26.3 Å². The Morgan fingerprint density at radius 2 is 2.44 bits per heavy atom. The molecule has 1 unspecified atom stereocenters. The number of hydrogen-bond acceptors (Lipinski definition) is 4. The highest BCUT2D eigenvalue weighted by atomic mass is 15.2. The number of aromatic nitrogens is 1. The van der Waals surface area contributed by atoms with Crippen LogP contribution in [0.15, 0.2) is 18.3 Å². The predicted molar refractivity (Wildman–Crippen MR) is 74.1 cm³/mol. The highest BCUT2D eigenvalue weighted by Crippen LogP contribution is 2.21. The van der Waals surface area contributed by atoms with Gasteiger partial charge in [-0.15, -0.1) is 0 Å². The van der Waals surface area contributed by atoms with Crippen molar-refractivity contribution in [2.45, 2.75) is 6.42 Å². The minimum atomic E-state index is 0.0287. The van der Waals surface area contributed by atoms with E-state index < -0.39 is 0 Å². The van der Waals surface area contributed by atoms with Crippen LogP contribution in [0.1, 0.15) is 12.1 Å². The van der Waals surface area contributed by atoms with Crippen LogP contribution in [0.5, 0.6) is 0 Å². The SMILES string of the molecule is CN1CCC(CN(C)c2cccnc2C(=N)N)C1. The van der Waals surface area contributed by atoms with Crippen molar-refractivity contribution in [3.63, 3.8) is 0 Å². The van der Waals surface area contributed by atoms with Gasteiger partial charge in [0.05, 0.1) is 5.69 Å². The number of pyridine rings is 1. The van der Waals surface area contributed by atoms with Crippen LogP contribution in [0.2, 0.25) is 0 Å². The minimum Gasteiger partial charge on any atom is -0.382 e.